The van der Waals surface area contributed by atoms with Crippen LogP contribution in [0.4, 0.5) is 0 Å². The van der Waals surface area contributed by atoms with Gasteiger partial charge in [-0.25, -0.2) is 0 Å². The van der Waals surface area contributed by atoms with E-state index in [1.807, 2.05) is 0 Å². The summed E-state index contributed by atoms with van der Waals surface area (Å²) in [6.45, 7) is 5.29. The minimum Gasteiger partial charge on any atom is -0.493 e. The number of benzene rings is 1. The fourth-order valence-corrected chi connectivity index (χ4v) is 2.43. The Labute approximate surface area is 131 Å². The lowest BCUT2D eigenvalue weighted by molar-refractivity contribution is 0.0339. The molecular weight excluding hydrogens is 283 g/mol. The second-order valence-electron chi connectivity index (χ2n) is 6.65. The summed E-state index contributed by atoms with van der Waals surface area (Å²) in [6, 6.07) is 3.46. The van der Waals surface area contributed by atoms with Gasteiger partial charge in [-0.1, -0.05) is 13.8 Å². The van der Waals surface area contributed by atoms with E-state index in [0.29, 0.717) is 35.7 Å². The molecule has 0 atom stereocenters. The van der Waals surface area contributed by atoms with E-state index in [4.69, 9.17) is 18.8 Å². The smallest absolute Gasteiger partial charge is 0.493 e. The van der Waals surface area contributed by atoms with Gasteiger partial charge in [0, 0.05) is 29.7 Å². The summed E-state index contributed by atoms with van der Waals surface area (Å²) in [4.78, 5) is 11.4. The first-order chi connectivity index (χ1) is 10.5. The maximum atomic E-state index is 11.4. The van der Waals surface area contributed by atoms with Gasteiger partial charge in [-0.05, 0) is 25.0 Å². The Morgan fingerprint density at radius 1 is 1.27 bits per heavy atom. The minimum absolute atomic E-state index is 0.0335. The van der Waals surface area contributed by atoms with Crippen LogP contribution in [0.1, 0.15) is 37.0 Å². The van der Waals surface area contributed by atoms with Crippen molar-refractivity contribution in [3.05, 3.63) is 17.7 Å². The highest BCUT2D eigenvalue weighted by Gasteiger charge is 2.39. The van der Waals surface area contributed by atoms with E-state index in [1.165, 1.54) is 0 Å². The molecule has 2 fully saturated rings. The third-order valence-electron chi connectivity index (χ3n) is 3.84. The predicted molar refractivity (Wildman–Crippen MR) is 83.1 cm³/mol. The van der Waals surface area contributed by atoms with Crippen molar-refractivity contribution in [3.63, 3.8) is 0 Å². The van der Waals surface area contributed by atoms with Crippen molar-refractivity contribution in [3.8, 4) is 11.5 Å². The molecule has 6 heteroatoms. The van der Waals surface area contributed by atoms with Gasteiger partial charge in [0.25, 0.3) is 0 Å². The van der Waals surface area contributed by atoms with Crippen molar-refractivity contribution in [1.29, 1.82) is 0 Å². The van der Waals surface area contributed by atoms with E-state index in [2.05, 4.69) is 13.8 Å². The predicted octanol–water partition coefficient (Wildman–Crippen LogP) is 1.82. The van der Waals surface area contributed by atoms with Crippen LogP contribution < -0.4 is 14.9 Å². The highest BCUT2D eigenvalue weighted by molar-refractivity contribution is 6.64. The number of aldehydes is 1. The number of hydrogen-bond donors (Lipinski definition) is 0. The zero-order chi connectivity index (χ0) is 15.7. The molecule has 1 aromatic carbocycles. The van der Waals surface area contributed by atoms with E-state index in [0.717, 1.165) is 19.1 Å². The Kier molecular flexibility index (Phi) is 4.15. The third kappa shape index (κ3) is 3.13. The average molecular weight is 304 g/mol. The fraction of sp³-hybridized carbons (Fsp3) is 0.562. The lowest BCUT2D eigenvalue weighted by atomic mass is 9.72. The van der Waals surface area contributed by atoms with Gasteiger partial charge < -0.3 is 18.8 Å². The van der Waals surface area contributed by atoms with Crippen LogP contribution in [0.3, 0.4) is 0 Å². The van der Waals surface area contributed by atoms with Gasteiger partial charge in [0.2, 0.25) is 0 Å². The molecule has 0 radical (unpaired) electrons. The van der Waals surface area contributed by atoms with Crippen LogP contribution >= 0.6 is 0 Å². The Morgan fingerprint density at radius 3 is 2.50 bits per heavy atom. The van der Waals surface area contributed by atoms with Gasteiger partial charge in [-0.3, -0.25) is 4.79 Å². The fourth-order valence-electron chi connectivity index (χ4n) is 2.43. The summed E-state index contributed by atoms with van der Waals surface area (Å²) in [5.74, 6) is 1.17. The molecule has 1 aromatic rings. The Balaban J connectivity index is 1.97. The summed E-state index contributed by atoms with van der Waals surface area (Å²) < 4.78 is 23.1. The zero-order valence-corrected chi connectivity index (χ0v) is 13.3. The van der Waals surface area contributed by atoms with Crippen LogP contribution in [0.25, 0.3) is 0 Å². The van der Waals surface area contributed by atoms with Crippen molar-refractivity contribution in [1.82, 2.24) is 0 Å². The second kappa shape index (κ2) is 5.93. The molecule has 0 unspecified atom stereocenters. The van der Waals surface area contributed by atoms with Crippen LogP contribution in [-0.4, -0.2) is 39.8 Å². The summed E-state index contributed by atoms with van der Waals surface area (Å²) in [5.41, 5.74) is 1.12. The Hall–Kier alpha value is -1.53. The first-order valence-corrected chi connectivity index (χ1v) is 7.60. The number of rotatable bonds is 5. The standard InChI is InChI=1S/C16H21BO5/c1-16(2)9-20-17(21-10-16)14-11(8-18)4-7-13(19-3)15(14)22-12-5-6-12/h4,7-8,12H,5-6,9-10H2,1-3H3. The van der Waals surface area contributed by atoms with Gasteiger partial charge in [-0.15, -0.1) is 0 Å². The van der Waals surface area contributed by atoms with Crippen molar-refractivity contribution in [2.24, 2.45) is 5.41 Å². The molecule has 3 rings (SSSR count). The summed E-state index contributed by atoms with van der Waals surface area (Å²) >= 11 is 0. The largest absolute Gasteiger partial charge is 0.498 e. The number of carbonyl (C=O) groups is 1. The van der Waals surface area contributed by atoms with Gasteiger partial charge in [0.05, 0.1) is 13.2 Å². The molecule has 1 aliphatic carbocycles. The van der Waals surface area contributed by atoms with Crippen LogP contribution in [-0.2, 0) is 9.31 Å². The third-order valence-corrected chi connectivity index (χ3v) is 3.84. The summed E-state index contributed by atoms with van der Waals surface area (Å²) in [6.07, 6.45) is 3.04. The number of hydrogen-bond acceptors (Lipinski definition) is 5. The van der Waals surface area contributed by atoms with Gasteiger partial charge >= 0.3 is 7.12 Å². The molecule has 2 aliphatic rings. The van der Waals surface area contributed by atoms with Crippen molar-refractivity contribution >= 4 is 18.9 Å². The van der Waals surface area contributed by atoms with Crippen molar-refractivity contribution in [2.75, 3.05) is 20.3 Å². The number of carbonyl (C=O) groups excluding carboxylic acids is 1. The molecule has 0 N–H and O–H groups in total. The van der Waals surface area contributed by atoms with E-state index in [-0.39, 0.29) is 11.5 Å². The molecule has 1 saturated carbocycles. The normalized spacial score (nSPS) is 20.6. The quantitative estimate of drug-likeness (QED) is 0.613. The maximum Gasteiger partial charge on any atom is 0.498 e. The molecule has 1 aliphatic heterocycles. The van der Waals surface area contributed by atoms with Gasteiger partial charge in [0.15, 0.2) is 11.5 Å². The number of methoxy groups -OCH3 is 1. The lowest BCUT2D eigenvalue weighted by Gasteiger charge is -2.34. The first-order valence-electron chi connectivity index (χ1n) is 7.60. The highest BCUT2D eigenvalue weighted by Crippen LogP contribution is 2.34. The Bertz CT molecular complexity index is 558. The van der Waals surface area contributed by atoms with Crippen LogP contribution in [0.15, 0.2) is 12.1 Å². The highest BCUT2D eigenvalue weighted by atomic mass is 16.6. The van der Waals surface area contributed by atoms with E-state index in [1.54, 1.807) is 19.2 Å². The van der Waals surface area contributed by atoms with E-state index >= 15 is 0 Å². The van der Waals surface area contributed by atoms with Crippen molar-refractivity contribution in [2.45, 2.75) is 32.8 Å². The second-order valence-corrected chi connectivity index (χ2v) is 6.65. The zero-order valence-electron chi connectivity index (χ0n) is 13.3. The molecule has 0 bridgehead atoms. The monoisotopic (exact) mass is 304 g/mol. The molecule has 0 aromatic heterocycles. The molecule has 22 heavy (non-hydrogen) atoms. The van der Waals surface area contributed by atoms with Crippen LogP contribution in [0, 0.1) is 5.41 Å². The number of ether oxygens (including phenoxy) is 2. The summed E-state index contributed by atoms with van der Waals surface area (Å²) in [5, 5.41) is 0. The first kappa shape index (κ1) is 15.4. The van der Waals surface area contributed by atoms with Crippen LogP contribution in [0.2, 0.25) is 0 Å². The minimum atomic E-state index is -0.600. The molecule has 0 spiro atoms. The molecule has 0 amide bonds. The molecule has 118 valence electrons. The van der Waals surface area contributed by atoms with Gasteiger partial charge in [-0.2, -0.15) is 0 Å². The van der Waals surface area contributed by atoms with E-state index in [9.17, 15) is 4.79 Å². The summed E-state index contributed by atoms with van der Waals surface area (Å²) in [7, 11) is 0.989. The Morgan fingerprint density at radius 2 is 1.95 bits per heavy atom. The topological polar surface area (TPSA) is 54.0 Å². The maximum absolute atomic E-state index is 11.4. The molecular formula is C16H21BO5. The average Bonchev–Trinajstić information content (AvgIpc) is 3.31. The van der Waals surface area contributed by atoms with Gasteiger partial charge in [0.1, 0.15) is 6.29 Å². The molecule has 1 saturated heterocycles. The van der Waals surface area contributed by atoms with Crippen molar-refractivity contribution < 1.29 is 23.6 Å². The SMILES string of the molecule is COc1ccc(C=O)c(B2OCC(C)(C)CO2)c1OC1CC1. The molecule has 1 heterocycles. The van der Waals surface area contributed by atoms with Crippen LogP contribution in [0.5, 0.6) is 11.5 Å². The van der Waals surface area contributed by atoms with E-state index < -0.39 is 7.12 Å². The molecule has 5 nitrogen and oxygen atoms in total. The lowest BCUT2D eigenvalue weighted by Crippen LogP contribution is -2.49.